The van der Waals surface area contributed by atoms with Crippen LogP contribution in [0.1, 0.15) is 29.8 Å². The molecule has 0 saturated carbocycles. The Morgan fingerprint density at radius 1 is 1.19 bits per heavy atom. The summed E-state index contributed by atoms with van der Waals surface area (Å²) in [7, 11) is -3.88. The Hall–Kier alpha value is -1.09. The average molecular weight is 323 g/mol. The molecule has 0 atom stereocenters. The maximum Gasteiger partial charge on any atom is 0.390 e. The number of halogens is 3. The van der Waals surface area contributed by atoms with Crippen molar-refractivity contribution in [1.82, 2.24) is 14.1 Å². The van der Waals surface area contributed by atoms with Gasteiger partial charge in [0.15, 0.2) is 0 Å². The van der Waals surface area contributed by atoms with Gasteiger partial charge in [0.05, 0.1) is 36.7 Å². The molecule has 1 aromatic heterocycles. The van der Waals surface area contributed by atoms with Crippen LogP contribution in [0.3, 0.4) is 0 Å². The molecule has 1 aliphatic heterocycles. The van der Waals surface area contributed by atoms with Crippen LogP contribution in [0.4, 0.5) is 13.2 Å². The third-order valence-electron chi connectivity index (χ3n) is 4.01. The standard InChI is InChI=1S/C12H16F3N3O2S/c13-12(14,15)4-7-21(19,20)17-5-6-18-11(8-17)9-2-1-3-10(9)16-18/h1-8H2. The summed E-state index contributed by atoms with van der Waals surface area (Å²) in [5.74, 6) is -0.882. The van der Waals surface area contributed by atoms with Crippen molar-refractivity contribution in [2.24, 2.45) is 0 Å². The first-order valence-electron chi connectivity index (χ1n) is 6.88. The first kappa shape index (κ1) is 14.8. The van der Waals surface area contributed by atoms with Gasteiger partial charge in [-0.05, 0) is 24.8 Å². The Kier molecular flexibility index (Phi) is 3.52. The zero-order valence-electron chi connectivity index (χ0n) is 11.4. The molecule has 0 aromatic carbocycles. The molecule has 2 aliphatic rings. The van der Waals surface area contributed by atoms with Gasteiger partial charge in [-0.1, -0.05) is 0 Å². The van der Waals surface area contributed by atoms with Crippen molar-refractivity contribution in [1.29, 1.82) is 0 Å². The quantitative estimate of drug-likeness (QED) is 0.846. The van der Waals surface area contributed by atoms with E-state index < -0.39 is 28.4 Å². The largest absolute Gasteiger partial charge is 0.390 e. The minimum absolute atomic E-state index is 0.141. The van der Waals surface area contributed by atoms with Gasteiger partial charge >= 0.3 is 6.18 Å². The maximum absolute atomic E-state index is 12.2. The van der Waals surface area contributed by atoms with E-state index in [1.807, 2.05) is 0 Å². The summed E-state index contributed by atoms with van der Waals surface area (Å²) >= 11 is 0. The zero-order chi connectivity index (χ0) is 15.3. The van der Waals surface area contributed by atoms with Crippen LogP contribution in [-0.2, 0) is 36.0 Å². The fourth-order valence-corrected chi connectivity index (χ4v) is 4.36. The third kappa shape index (κ3) is 2.94. The molecule has 9 heteroatoms. The van der Waals surface area contributed by atoms with Crippen molar-refractivity contribution in [3.8, 4) is 0 Å². The Balaban J connectivity index is 1.76. The molecule has 2 heterocycles. The van der Waals surface area contributed by atoms with Gasteiger partial charge in [-0.25, -0.2) is 8.42 Å². The third-order valence-corrected chi connectivity index (χ3v) is 5.83. The molecule has 5 nitrogen and oxygen atoms in total. The minimum atomic E-state index is -4.45. The van der Waals surface area contributed by atoms with Gasteiger partial charge in [-0.3, -0.25) is 4.68 Å². The fourth-order valence-electron chi connectivity index (χ4n) is 2.94. The molecule has 3 rings (SSSR count). The molecule has 0 bridgehead atoms. The van der Waals surface area contributed by atoms with Gasteiger partial charge in [-0.15, -0.1) is 0 Å². The Morgan fingerprint density at radius 2 is 1.95 bits per heavy atom. The number of fused-ring (bicyclic) bond motifs is 3. The van der Waals surface area contributed by atoms with Gasteiger partial charge < -0.3 is 0 Å². The Morgan fingerprint density at radius 3 is 2.67 bits per heavy atom. The van der Waals surface area contributed by atoms with Crippen molar-refractivity contribution in [3.05, 3.63) is 17.0 Å². The Labute approximate surface area is 120 Å². The molecule has 1 aliphatic carbocycles. The fraction of sp³-hybridized carbons (Fsp3) is 0.750. The van der Waals surface area contributed by atoms with Crippen molar-refractivity contribution in [2.75, 3.05) is 12.3 Å². The topological polar surface area (TPSA) is 55.2 Å². The summed E-state index contributed by atoms with van der Waals surface area (Å²) in [6.45, 7) is 0.740. The predicted octanol–water partition coefficient (Wildman–Crippen LogP) is 1.47. The van der Waals surface area contributed by atoms with Crippen LogP contribution in [0.2, 0.25) is 0 Å². The number of aromatic nitrogens is 2. The molecule has 21 heavy (non-hydrogen) atoms. The lowest BCUT2D eigenvalue weighted by Gasteiger charge is -2.27. The van der Waals surface area contributed by atoms with E-state index in [4.69, 9.17) is 0 Å². The summed E-state index contributed by atoms with van der Waals surface area (Å²) in [6, 6.07) is 0. The van der Waals surface area contributed by atoms with Crippen molar-refractivity contribution in [3.63, 3.8) is 0 Å². The number of hydrogen-bond donors (Lipinski definition) is 0. The van der Waals surface area contributed by atoms with Gasteiger partial charge in [0, 0.05) is 6.54 Å². The van der Waals surface area contributed by atoms with Gasteiger partial charge in [-0.2, -0.15) is 22.6 Å². The predicted molar refractivity (Wildman–Crippen MR) is 69.1 cm³/mol. The summed E-state index contributed by atoms with van der Waals surface area (Å²) in [6.07, 6.45) is -2.97. The van der Waals surface area contributed by atoms with E-state index in [1.165, 1.54) is 0 Å². The molecule has 0 spiro atoms. The number of rotatable bonds is 3. The van der Waals surface area contributed by atoms with Crippen LogP contribution in [0.15, 0.2) is 0 Å². The molecular formula is C12H16F3N3O2S. The van der Waals surface area contributed by atoms with E-state index in [1.54, 1.807) is 4.68 Å². The highest BCUT2D eigenvalue weighted by atomic mass is 32.2. The summed E-state index contributed by atoms with van der Waals surface area (Å²) in [5, 5.41) is 4.45. The minimum Gasteiger partial charge on any atom is -0.266 e. The molecule has 0 unspecified atom stereocenters. The first-order valence-corrected chi connectivity index (χ1v) is 8.49. The molecule has 0 amide bonds. The van der Waals surface area contributed by atoms with Gasteiger partial charge in [0.2, 0.25) is 10.0 Å². The molecule has 1 aromatic rings. The van der Waals surface area contributed by atoms with E-state index in [0.717, 1.165) is 40.5 Å². The number of nitrogens with zero attached hydrogens (tertiary/aromatic N) is 3. The number of sulfonamides is 1. The highest BCUT2D eigenvalue weighted by Gasteiger charge is 2.35. The molecule has 0 N–H and O–H groups in total. The highest BCUT2D eigenvalue weighted by Crippen LogP contribution is 2.29. The lowest BCUT2D eigenvalue weighted by molar-refractivity contribution is -0.130. The first-order chi connectivity index (χ1) is 9.76. The average Bonchev–Trinajstić information content (AvgIpc) is 2.95. The second kappa shape index (κ2) is 4.98. The summed E-state index contributed by atoms with van der Waals surface area (Å²) in [4.78, 5) is 0. The molecule has 0 radical (unpaired) electrons. The van der Waals surface area contributed by atoms with Gasteiger partial charge in [0.25, 0.3) is 0 Å². The van der Waals surface area contributed by atoms with Crippen molar-refractivity contribution >= 4 is 10.0 Å². The van der Waals surface area contributed by atoms with E-state index in [2.05, 4.69) is 5.10 Å². The lowest BCUT2D eigenvalue weighted by Crippen LogP contribution is -2.40. The number of aryl methyl sites for hydroxylation is 1. The zero-order valence-corrected chi connectivity index (χ0v) is 12.2. The number of alkyl halides is 3. The second-order valence-electron chi connectivity index (χ2n) is 5.46. The van der Waals surface area contributed by atoms with Crippen LogP contribution in [0.25, 0.3) is 0 Å². The Bertz CT molecular complexity index is 651. The second-order valence-corrected chi connectivity index (χ2v) is 7.55. The molecule has 0 saturated heterocycles. The van der Waals surface area contributed by atoms with Crippen LogP contribution in [0.5, 0.6) is 0 Å². The van der Waals surface area contributed by atoms with Crippen LogP contribution >= 0.6 is 0 Å². The SMILES string of the molecule is O=S(=O)(CCC(F)(F)F)N1CCn2nc3c(c2C1)CCC3. The normalized spacial score (nSPS) is 19.6. The smallest absolute Gasteiger partial charge is 0.266 e. The monoisotopic (exact) mass is 323 g/mol. The van der Waals surface area contributed by atoms with Crippen LogP contribution < -0.4 is 0 Å². The van der Waals surface area contributed by atoms with E-state index in [9.17, 15) is 21.6 Å². The maximum atomic E-state index is 12.2. The number of hydrogen-bond acceptors (Lipinski definition) is 3. The molecule has 0 fully saturated rings. The van der Waals surface area contributed by atoms with Crippen LogP contribution in [0, 0.1) is 0 Å². The summed E-state index contributed by atoms with van der Waals surface area (Å²) in [5.41, 5.74) is 2.95. The van der Waals surface area contributed by atoms with Crippen molar-refractivity contribution < 1.29 is 21.6 Å². The highest BCUT2D eigenvalue weighted by molar-refractivity contribution is 7.89. The van der Waals surface area contributed by atoms with Crippen molar-refractivity contribution in [2.45, 2.75) is 44.9 Å². The van der Waals surface area contributed by atoms with Crippen LogP contribution in [-0.4, -0.2) is 41.0 Å². The van der Waals surface area contributed by atoms with E-state index in [0.29, 0.717) is 6.54 Å². The summed E-state index contributed by atoms with van der Waals surface area (Å²) < 4.78 is 63.8. The molecular weight excluding hydrogens is 307 g/mol. The van der Waals surface area contributed by atoms with E-state index >= 15 is 0 Å². The lowest BCUT2D eigenvalue weighted by atomic mass is 10.2. The van der Waals surface area contributed by atoms with Gasteiger partial charge in [0.1, 0.15) is 0 Å². The van der Waals surface area contributed by atoms with E-state index in [-0.39, 0.29) is 13.1 Å². The molecule has 118 valence electrons.